The summed E-state index contributed by atoms with van der Waals surface area (Å²) in [5, 5.41) is 13.7. The van der Waals surface area contributed by atoms with Crippen LogP contribution < -0.4 is 16.4 Å². The summed E-state index contributed by atoms with van der Waals surface area (Å²) in [5.41, 5.74) is 13.7. The number of anilines is 3. The van der Waals surface area contributed by atoms with Crippen LogP contribution in [0.2, 0.25) is 0 Å². The lowest BCUT2D eigenvalue weighted by Gasteiger charge is -2.38. The Balaban J connectivity index is 1.52. The number of aromatic nitrogens is 3. The minimum absolute atomic E-state index is 0.120. The number of nitrogens with zero attached hydrogens (tertiary/aromatic N) is 6. The van der Waals surface area contributed by atoms with E-state index in [-0.39, 0.29) is 11.9 Å². The second-order valence-corrected chi connectivity index (χ2v) is 7.01. The highest BCUT2D eigenvalue weighted by Crippen LogP contribution is 2.29. The van der Waals surface area contributed by atoms with Gasteiger partial charge in [0.2, 0.25) is 11.9 Å². The quantitative estimate of drug-likeness (QED) is 0.857. The van der Waals surface area contributed by atoms with Crippen molar-refractivity contribution in [1.29, 1.82) is 5.26 Å². The first-order chi connectivity index (χ1) is 12.7. The second-order valence-electron chi connectivity index (χ2n) is 7.01. The van der Waals surface area contributed by atoms with Gasteiger partial charge in [0.25, 0.3) is 0 Å². The number of nitriles is 1. The summed E-state index contributed by atoms with van der Waals surface area (Å²) >= 11 is 0. The van der Waals surface area contributed by atoms with Gasteiger partial charge in [0.05, 0.1) is 16.9 Å². The predicted molar refractivity (Wildman–Crippen MR) is 101 cm³/mol. The summed E-state index contributed by atoms with van der Waals surface area (Å²) in [4.78, 5) is 8.85. The van der Waals surface area contributed by atoms with Gasteiger partial charge in [-0.2, -0.15) is 14.9 Å². The fourth-order valence-corrected chi connectivity index (χ4v) is 4.13. The molecule has 2 fully saturated rings. The zero-order valence-electron chi connectivity index (χ0n) is 14.8. The maximum Gasteiger partial charge on any atom is 0.241 e. The average molecular weight is 352 g/mol. The van der Waals surface area contributed by atoms with E-state index in [1.807, 2.05) is 12.1 Å². The Morgan fingerprint density at radius 2 is 1.81 bits per heavy atom. The van der Waals surface area contributed by atoms with E-state index >= 15 is 0 Å². The SMILES string of the molecule is N#Cc1cc(-n2nc(N)nc2N)ccc1N1CCC(N2CCCC2)CC1. The predicted octanol–water partition coefficient (Wildman–Crippen LogP) is 1.37. The van der Waals surface area contributed by atoms with Crippen LogP contribution in [0.4, 0.5) is 17.6 Å². The molecule has 2 aliphatic rings. The number of rotatable bonds is 3. The number of hydrogen-bond acceptors (Lipinski definition) is 7. The molecule has 0 amide bonds. The maximum atomic E-state index is 9.63. The number of hydrogen-bond donors (Lipinski definition) is 2. The number of piperidine rings is 1. The Morgan fingerprint density at radius 1 is 1.08 bits per heavy atom. The van der Waals surface area contributed by atoms with Gasteiger partial charge in [-0.15, -0.1) is 5.10 Å². The highest BCUT2D eigenvalue weighted by molar-refractivity contribution is 5.63. The van der Waals surface area contributed by atoms with E-state index in [2.05, 4.69) is 26.0 Å². The van der Waals surface area contributed by atoms with Gasteiger partial charge in [-0.05, 0) is 57.0 Å². The summed E-state index contributed by atoms with van der Waals surface area (Å²) in [5.74, 6) is 0.333. The highest BCUT2D eigenvalue weighted by Gasteiger charge is 2.27. The third-order valence-corrected chi connectivity index (χ3v) is 5.46. The van der Waals surface area contributed by atoms with Crippen molar-refractivity contribution >= 4 is 17.6 Å². The van der Waals surface area contributed by atoms with E-state index < -0.39 is 0 Å². The molecule has 0 radical (unpaired) electrons. The molecule has 2 saturated heterocycles. The van der Waals surface area contributed by atoms with Crippen molar-refractivity contribution in [3.05, 3.63) is 23.8 Å². The van der Waals surface area contributed by atoms with E-state index in [1.165, 1.54) is 30.6 Å². The van der Waals surface area contributed by atoms with E-state index in [1.54, 1.807) is 6.07 Å². The van der Waals surface area contributed by atoms with Crippen LogP contribution in [0.1, 0.15) is 31.2 Å². The zero-order chi connectivity index (χ0) is 18.1. The zero-order valence-corrected chi connectivity index (χ0v) is 14.8. The minimum Gasteiger partial charge on any atom is -0.370 e. The molecule has 0 atom stereocenters. The fourth-order valence-electron chi connectivity index (χ4n) is 4.13. The Labute approximate surface area is 153 Å². The molecule has 1 aromatic heterocycles. The topological polar surface area (TPSA) is 113 Å². The molecule has 0 bridgehead atoms. The molecule has 0 aliphatic carbocycles. The van der Waals surface area contributed by atoms with Crippen molar-refractivity contribution in [1.82, 2.24) is 19.7 Å². The van der Waals surface area contributed by atoms with Gasteiger partial charge in [0.1, 0.15) is 6.07 Å². The van der Waals surface area contributed by atoms with Gasteiger partial charge >= 0.3 is 0 Å². The van der Waals surface area contributed by atoms with Crippen LogP contribution in [0.25, 0.3) is 5.69 Å². The van der Waals surface area contributed by atoms with Gasteiger partial charge in [-0.3, -0.25) is 0 Å². The Hall–Kier alpha value is -2.79. The monoisotopic (exact) mass is 352 g/mol. The molecular formula is C18H24N8. The van der Waals surface area contributed by atoms with Crippen molar-refractivity contribution in [2.75, 3.05) is 42.5 Å². The van der Waals surface area contributed by atoms with Crippen molar-refractivity contribution in [3.63, 3.8) is 0 Å². The van der Waals surface area contributed by atoms with Crippen molar-refractivity contribution in [2.24, 2.45) is 0 Å². The van der Waals surface area contributed by atoms with Gasteiger partial charge < -0.3 is 21.3 Å². The standard InChI is InChI=1S/C18H24N8/c19-12-13-11-15(26-18(21)22-17(20)23-26)3-4-16(13)25-9-5-14(6-10-25)24-7-1-2-8-24/h3-4,11,14H,1-2,5-10H2,(H4,20,21,22,23). The minimum atomic E-state index is 0.120. The van der Waals surface area contributed by atoms with Crippen molar-refractivity contribution in [3.8, 4) is 11.8 Å². The molecule has 136 valence electrons. The summed E-state index contributed by atoms with van der Waals surface area (Å²) in [6.07, 6.45) is 4.96. The lowest BCUT2D eigenvalue weighted by molar-refractivity contribution is 0.208. The summed E-state index contributed by atoms with van der Waals surface area (Å²) in [7, 11) is 0. The summed E-state index contributed by atoms with van der Waals surface area (Å²) < 4.78 is 1.46. The van der Waals surface area contributed by atoms with Gasteiger partial charge in [0.15, 0.2) is 0 Å². The molecule has 8 heteroatoms. The maximum absolute atomic E-state index is 9.63. The van der Waals surface area contributed by atoms with Crippen LogP contribution in [-0.2, 0) is 0 Å². The third kappa shape index (κ3) is 3.06. The summed E-state index contributed by atoms with van der Waals surface area (Å²) in [6.45, 7) is 4.44. The van der Waals surface area contributed by atoms with Gasteiger partial charge in [0, 0.05) is 19.1 Å². The van der Waals surface area contributed by atoms with Crippen LogP contribution in [-0.4, -0.2) is 51.9 Å². The first kappa shape index (κ1) is 16.7. The van der Waals surface area contributed by atoms with E-state index in [0.717, 1.165) is 31.6 Å². The molecule has 2 aliphatic heterocycles. The molecule has 0 unspecified atom stereocenters. The number of nitrogen functional groups attached to an aromatic ring is 2. The molecule has 1 aromatic carbocycles. The molecule has 4 rings (SSSR count). The van der Waals surface area contributed by atoms with Crippen LogP contribution in [0, 0.1) is 11.3 Å². The second kappa shape index (κ2) is 6.84. The smallest absolute Gasteiger partial charge is 0.241 e. The van der Waals surface area contributed by atoms with E-state index in [0.29, 0.717) is 17.3 Å². The average Bonchev–Trinajstić information content (AvgIpc) is 3.31. The molecule has 2 aromatic rings. The normalized spacial score (nSPS) is 19.0. The van der Waals surface area contributed by atoms with Crippen LogP contribution in [0.15, 0.2) is 18.2 Å². The molecule has 8 nitrogen and oxygen atoms in total. The Morgan fingerprint density at radius 3 is 2.42 bits per heavy atom. The first-order valence-electron chi connectivity index (χ1n) is 9.17. The van der Waals surface area contributed by atoms with Crippen LogP contribution in [0.5, 0.6) is 0 Å². The molecular weight excluding hydrogens is 328 g/mol. The molecule has 0 spiro atoms. The number of nitrogens with two attached hydrogens (primary N) is 2. The van der Waals surface area contributed by atoms with Gasteiger partial charge in [-0.1, -0.05) is 0 Å². The van der Waals surface area contributed by atoms with Gasteiger partial charge in [-0.25, -0.2) is 0 Å². The van der Waals surface area contributed by atoms with Crippen molar-refractivity contribution < 1.29 is 0 Å². The number of benzene rings is 1. The molecule has 0 saturated carbocycles. The lowest BCUT2D eigenvalue weighted by Crippen LogP contribution is -2.44. The Kier molecular flexibility index (Phi) is 4.39. The molecule has 26 heavy (non-hydrogen) atoms. The van der Waals surface area contributed by atoms with E-state index in [9.17, 15) is 5.26 Å². The van der Waals surface area contributed by atoms with Crippen LogP contribution >= 0.6 is 0 Å². The largest absolute Gasteiger partial charge is 0.370 e. The lowest BCUT2D eigenvalue weighted by atomic mass is 10.0. The Bertz CT molecular complexity index is 822. The molecule has 3 heterocycles. The van der Waals surface area contributed by atoms with Crippen LogP contribution in [0.3, 0.4) is 0 Å². The summed E-state index contributed by atoms with van der Waals surface area (Å²) in [6, 6.07) is 8.68. The highest BCUT2D eigenvalue weighted by atomic mass is 15.4. The molecule has 4 N–H and O–H groups in total. The fraction of sp³-hybridized carbons (Fsp3) is 0.500. The van der Waals surface area contributed by atoms with Crippen molar-refractivity contribution in [2.45, 2.75) is 31.7 Å². The first-order valence-corrected chi connectivity index (χ1v) is 9.17. The number of likely N-dealkylation sites (tertiary alicyclic amines) is 1. The van der Waals surface area contributed by atoms with E-state index in [4.69, 9.17) is 11.5 Å². The third-order valence-electron chi connectivity index (χ3n) is 5.46.